The molecule has 0 amide bonds. The van der Waals surface area contributed by atoms with Gasteiger partial charge in [-0.2, -0.15) is 0 Å². The summed E-state index contributed by atoms with van der Waals surface area (Å²) in [6.07, 6.45) is 0. The van der Waals surface area contributed by atoms with Crippen LogP contribution in [0.1, 0.15) is 10.4 Å². The van der Waals surface area contributed by atoms with Crippen LogP contribution in [0.5, 0.6) is 0 Å². The predicted octanol–water partition coefficient (Wildman–Crippen LogP) is 5.16. The summed E-state index contributed by atoms with van der Waals surface area (Å²) in [4.78, 5) is 15.1. The molecule has 0 unspecified atom stereocenters. The molecule has 1 aromatic heterocycles. The lowest BCUT2D eigenvalue weighted by Gasteiger charge is -2.27. The highest BCUT2D eigenvalue weighted by molar-refractivity contribution is 7.17. The zero-order valence-corrected chi connectivity index (χ0v) is 15.2. The van der Waals surface area contributed by atoms with E-state index in [2.05, 4.69) is 0 Å². The number of ether oxygens (including phenoxy) is 1. The van der Waals surface area contributed by atoms with Gasteiger partial charge in [-0.25, -0.2) is 0 Å². The van der Waals surface area contributed by atoms with Crippen molar-refractivity contribution in [1.29, 1.82) is 0 Å². The van der Waals surface area contributed by atoms with E-state index in [0.717, 1.165) is 20.9 Å². The molecule has 7 heteroatoms. The van der Waals surface area contributed by atoms with Gasteiger partial charge < -0.3 is 9.64 Å². The first-order valence-electron chi connectivity index (χ1n) is 6.76. The van der Waals surface area contributed by atoms with Gasteiger partial charge in [-0.05, 0) is 17.7 Å². The van der Waals surface area contributed by atoms with Crippen LogP contribution in [0, 0.1) is 0 Å². The summed E-state index contributed by atoms with van der Waals surface area (Å²) in [5, 5.41) is 1.49. The molecule has 0 bridgehead atoms. The number of fused-ring (bicyclic) bond motifs is 1. The zero-order valence-electron chi connectivity index (χ0n) is 12.1. The summed E-state index contributed by atoms with van der Waals surface area (Å²) in [5.74, 6) is -0.363. The Morgan fingerprint density at radius 1 is 1.30 bits per heavy atom. The average Bonchev–Trinajstić information content (AvgIpc) is 2.96. The van der Waals surface area contributed by atoms with Crippen molar-refractivity contribution in [3.63, 3.8) is 0 Å². The Morgan fingerprint density at radius 2 is 2.04 bits per heavy atom. The smallest absolute Gasteiger partial charge is 0.325 e. The van der Waals surface area contributed by atoms with Crippen LogP contribution in [0.25, 0.3) is 15.5 Å². The molecule has 1 aromatic carbocycles. The fourth-order valence-electron chi connectivity index (χ4n) is 2.38. The summed E-state index contributed by atoms with van der Waals surface area (Å²) in [7, 11) is 1.34. The third kappa shape index (κ3) is 3.22. The standard InChI is InChI=1S/C16H12Cl3NO2S/c1-22-13(21)8-20-7-9-6-12(10-4-2-3-5-11(10)17)23-15(9)14(18)16(20)19/h2-6H,7-8H2,1H3. The van der Waals surface area contributed by atoms with Crippen molar-refractivity contribution in [3.8, 4) is 10.4 Å². The van der Waals surface area contributed by atoms with Gasteiger partial charge in [0.2, 0.25) is 0 Å². The van der Waals surface area contributed by atoms with E-state index in [1.165, 1.54) is 18.4 Å². The molecule has 0 aliphatic carbocycles. The monoisotopic (exact) mass is 387 g/mol. The number of carbonyl (C=O) groups excluding carboxylic acids is 1. The summed E-state index contributed by atoms with van der Waals surface area (Å²) < 4.78 is 4.69. The van der Waals surface area contributed by atoms with Gasteiger partial charge in [-0.1, -0.05) is 53.0 Å². The highest BCUT2D eigenvalue weighted by atomic mass is 35.5. The number of nitrogens with zero attached hydrogens (tertiary/aromatic N) is 1. The molecule has 1 aliphatic rings. The Hall–Kier alpha value is -1.20. The van der Waals surface area contributed by atoms with E-state index in [4.69, 9.17) is 39.5 Å². The van der Waals surface area contributed by atoms with E-state index < -0.39 is 0 Å². The number of carbonyl (C=O) groups is 1. The van der Waals surface area contributed by atoms with Crippen LogP contribution in [-0.4, -0.2) is 24.5 Å². The Bertz CT molecular complexity index is 800. The lowest BCUT2D eigenvalue weighted by Crippen LogP contribution is -2.30. The summed E-state index contributed by atoms with van der Waals surface area (Å²) in [6.45, 7) is 0.558. The third-order valence-electron chi connectivity index (χ3n) is 3.52. The Labute approximate surface area is 153 Å². The fraction of sp³-hybridized carbons (Fsp3) is 0.188. The molecule has 120 valence electrons. The van der Waals surface area contributed by atoms with Gasteiger partial charge in [0.05, 0.1) is 17.0 Å². The van der Waals surface area contributed by atoms with Gasteiger partial charge in [0.15, 0.2) is 0 Å². The minimum absolute atomic E-state index is 0.0578. The van der Waals surface area contributed by atoms with Crippen LogP contribution in [-0.2, 0) is 16.1 Å². The van der Waals surface area contributed by atoms with Crippen molar-refractivity contribution >= 4 is 57.1 Å². The van der Waals surface area contributed by atoms with Crippen molar-refractivity contribution in [1.82, 2.24) is 4.90 Å². The SMILES string of the molecule is COC(=O)CN1Cc2cc(-c3ccccc3Cl)sc2C(Cl)=C1Cl. The predicted molar refractivity (Wildman–Crippen MR) is 95.8 cm³/mol. The van der Waals surface area contributed by atoms with Gasteiger partial charge in [-0.3, -0.25) is 4.79 Å². The maximum Gasteiger partial charge on any atom is 0.325 e. The molecule has 0 saturated heterocycles. The highest BCUT2D eigenvalue weighted by Crippen LogP contribution is 2.44. The summed E-state index contributed by atoms with van der Waals surface area (Å²) in [5.41, 5.74) is 1.97. The lowest BCUT2D eigenvalue weighted by atomic mass is 10.1. The molecule has 1 aliphatic heterocycles. The topological polar surface area (TPSA) is 29.5 Å². The number of thiophene rings is 1. The number of hydrogen-bond acceptors (Lipinski definition) is 4. The fourth-order valence-corrected chi connectivity index (χ4v) is 4.45. The molecule has 2 heterocycles. The minimum atomic E-state index is -0.363. The van der Waals surface area contributed by atoms with Gasteiger partial charge in [0, 0.05) is 22.0 Å². The minimum Gasteiger partial charge on any atom is -0.468 e. The van der Waals surface area contributed by atoms with Gasteiger partial charge in [0.25, 0.3) is 0 Å². The lowest BCUT2D eigenvalue weighted by molar-refractivity contribution is -0.141. The van der Waals surface area contributed by atoms with E-state index in [9.17, 15) is 4.79 Å². The second-order valence-corrected chi connectivity index (χ2v) is 7.18. The Balaban J connectivity index is 1.98. The van der Waals surface area contributed by atoms with Crippen LogP contribution in [0.15, 0.2) is 35.5 Å². The average molecular weight is 389 g/mol. The normalized spacial score (nSPS) is 14.0. The van der Waals surface area contributed by atoms with Crippen LogP contribution >= 0.6 is 46.1 Å². The number of esters is 1. The number of rotatable bonds is 3. The molecule has 0 atom stereocenters. The number of benzene rings is 1. The van der Waals surface area contributed by atoms with Crippen molar-refractivity contribution in [2.24, 2.45) is 0 Å². The van der Waals surface area contributed by atoms with E-state index in [1.54, 1.807) is 4.90 Å². The molecule has 0 saturated carbocycles. The van der Waals surface area contributed by atoms with Crippen molar-refractivity contribution in [2.45, 2.75) is 6.54 Å². The Kier molecular flexibility index (Phi) is 4.87. The van der Waals surface area contributed by atoms with Crippen LogP contribution in [0.3, 0.4) is 0 Å². The second kappa shape index (κ2) is 6.73. The maximum atomic E-state index is 11.5. The quantitative estimate of drug-likeness (QED) is 0.537. The van der Waals surface area contributed by atoms with E-state index in [-0.39, 0.29) is 12.5 Å². The van der Waals surface area contributed by atoms with E-state index in [0.29, 0.717) is 21.8 Å². The van der Waals surface area contributed by atoms with Crippen LogP contribution in [0.4, 0.5) is 0 Å². The number of halogens is 3. The van der Waals surface area contributed by atoms with Crippen molar-refractivity contribution in [2.75, 3.05) is 13.7 Å². The molecular weight excluding hydrogens is 377 g/mol. The highest BCUT2D eigenvalue weighted by Gasteiger charge is 2.27. The molecule has 3 nitrogen and oxygen atoms in total. The maximum absolute atomic E-state index is 11.5. The molecule has 0 fully saturated rings. The molecule has 23 heavy (non-hydrogen) atoms. The first kappa shape index (κ1) is 16.7. The molecule has 3 rings (SSSR count). The Morgan fingerprint density at radius 3 is 2.74 bits per heavy atom. The van der Waals surface area contributed by atoms with Crippen LogP contribution < -0.4 is 0 Å². The molecule has 2 aromatic rings. The second-order valence-electron chi connectivity index (χ2n) is 4.98. The molecule has 0 N–H and O–H groups in total. The first-order chi connectivity index (χ1) is 11.0. The van der Waals surface area contributed by atoms with Gasteiger partial charge >= 0.3 is 5.97 Å². The molecule has 0 radical (unpaired) electrons. The number of hydrogen-bond donors (Lipinski definition) is 0. The molecule has 0 spiro atoms. The van der Waals surface area contributed by atoms with E-state index in [1.807, 2.05) is 30.3 Å². The van der Waals surface area contributed by atoms with Crippen LogP contribution in [0.2, 0.25) is 5.02 Å². The largest absolute Gasteiger partial charge is 0.468 e. The zero-order chi connectivity index (χ0) is 16.6. The van der Waals surface area contributed by atoms with Crippen molar-refractivity contribution < 1.29 is 9.53 Å². The number of methoxy groups -OCH3 is 1. The molecular formula is C16H12Cl3NO2S. The first-order valence-corrected chi connectivity index (χ1v) is 8.71. The van der Waals surface area contributed by atoms with E-state index >= 15 is 0 Å². The summed E-state index contributed by atoms with van der Waals surface area (Å²) >= 11 is 20.5. The third-order valence-corrected chi connectivity index (χ3v) is 6.08. The van der Waals surface area contributed by atoms with Gasteiger partial charge in [-0.15, -0.1) is 11.3 Å². The van der Waals surface area contributed by atoms with Crippen molar-refractivity contribution in [3.05, 3.63) is 51.0 Å². The van der Waals surface area contributed by atoms with Gasteiger partial charge in [0.1, 0.15) is 11.7 Å². The summed E-state index contributed by atoms with van der Waals surface area (Å²) in [6, 6.07) is 9.68.